The average Bonchev–Trinajstić information content (AvgIpc) is 3.03. The minimum absolute atomic E-state index is 0.0448. The van der Waals surface area contributed by atoms with Crippen LogP contribution in [0.15, 0.2) is 24.3 Å². The van der Waals surface area contributed by atoms with Gasteiger partial charge >= 0.3 is 0 Å². The van der Waals surface area contributed by atoms with E-state index < -0.39 is 6.10 Å². The van der Waals surface area contributed by atoms with Crippen LogP contribution in [-0.4, -0.2) is 77.8 Å². The Kier molecular flexibility index (Phi) is 5.73. The Morgan fingerprint density at radius 1 is 1.28 bits per heavy atom. The van der Waals surface area contributed by atoms with E-state index in [1.54, 1.807) is 0 Å². The van der Waals surface area contributed by atoms with Gasteiger partial charge in [0.25, 0.3) is 5.91 Å². The molecular formula is C19H27N3O3. The maximum Gasteiger partial charge on any atom is 0.270 e. The molecule has 0 saturated carbocycles. The minimum Gasteiger partial charge on any atom is -0.389 e. The average molecular weight is 345 g/mol. The molecule has 1 aromatic carbocycles. The fourth-order valence-corrected chi connectivity index (χ4v) is 3.26. The number of H-pyrrole nitrogens is 1. The molecule has 1 aromatic heterocycles. The molecule has 136 valence electrons. The van der Waals surface area contributed by atoms with E-state index in [-0.39, 0.29) is 5.91 Å². The molecule has 2 aromatic rings. The second-order valence-corrected chi connectivity index (χ2v) is 6.68. The van der Waals surface area contributed by atoms with Gasteiger partial charge in [-0.05, 0) is 31.5 Å². The van der Waals surface area contributed by atoms with Crippen LogP contribution in [0.5, 0.6) is 0 Å². The summed E-state index contributed by atoms with van der Waals surface area (Å²) in [6, 6.07) is 8.07. The number of carbonyl (C=O) groups is 1. The minimum atomic E-state index is -0.473. The van der Waals surface area contributed by atoms with Crippen molar-refractivity contribution < 1.29 is 14.6 Å². The number of aliphatic hydroxyl groups is 1. The third-order valence-electron chi connectivity index (χ3n) is 4.65. The second-order valence-electron chi connectivity index (χ2n) is 6.68. The van der Waals surface area contributed by atoms with Crippen molar-refractivity contribution >= 4 is 16.8 Å². The van der Waals surface area contributed by atoms with E-state index in [4.69, 9.17) is 4.74 Å². The van der Waals surface area contributed by atoms with Crippen molar-refractivity contribution in [3.05, 3.63) is 35.5 Å². The Labute approximate surface area is 148 Å². The highest BCUT2D eigenvalue weighted by atomic mass is 16.5. The quantitative estimate of drug-likeness (QED) is 0.835. The van der Waals surface area contributed by atoms with Crippen LogP contribution in [0, 0.1) is 6.92 Å². The van der Waals surface area contributed by atoms with Gasteiger partial charge in [-0.25, -0.2) is 0 Å². The van der Waals surface area contributed by atoms with Gasteiger partial charge in [-0.3, -0.25) is 9.69 Å². The smallest absolute Gasteiger partial charge is 0.270 e. The highest BCUT2D eigenvalue weighted by molar-refractivity contribution is 5.98. The van der Waals surface area contributed by atoms with Crippen LogP contribution in [0.1, 0.15) is 23.0 Å². The lowest BCUT2D eigenvalue weighted by atomic mass is 10.2. The van der Waals surface area contributed by atoms with Gasteiger partial charge < -0.3 is 19.7 Å². The number of amides is 1. The van der Waals surface area contributed by atoms with Gasteiger partial charge in [0, 0.05) is 50.2 Å². The van der Waals surface area contributed by atoms with E-state index in [2.05, 4.69) is 22.0 Å². The van der Waals surface area contributed by atoms with E-state index in [0.717, 1.165) is 24.0 Å². The molecule has 25 heavy (non-hydrogen) atoms. The molecule has 3 rings (SSSR count). The number of β-amino-alcohol motifs (C(OH)–C–C–N with tert-alkyl or cyclic N) is 1. The maximum atomic E-state index is 12.7. The summed E-state index contributed by atoms with van der Waals surface area (Å²) in [5.74, 6) is 0.0448. The first kappa shape index (κ1) is 17.9. The number of nitrogens with one attached hydrogen (secondary N) is 1. The maximum absolute atomic E-state index is 12.7. The number of nitrogens with zero attached hydrogens (tertiary/aromatic N) is 2. The van der Waals surface area contributed by atoms with E-state index >= 15 is 0 Å². The molecular weight excluding hydrogens is 318 g/mol. The van der Waals surface area contributed by atoms with Crippen LogP contribution in [0.2, 0.25) is 0 Å². The van der Waals surface area contributed by atoms with Crippen molar-refractivity contribution in [2.24, 2.45) is 0 Å². The van der Waals surface area contributed by atoms with Gasteiger partial charge in [-0.15, -0.1) is 0 Å². The molecule has 0 unspecified atom stereocenters. The topological polar surface area (TPSA) is 68.8 Å². The zero-order valence-electron chi connectivity index (χ0n) is 15.0. The van der Waals surface area contributed by atoms with Crippen LogP contribution in [0.25, 0.3) is 10.9 Å². The summed E-state index contributed by atoms with van der Waals surface area (Å²) in [6.07, 6.45) is -0.473. The molecule has 0 spiro atoms. The lowest BCUT2D eigenvalue weighted by molar-refractivity contribution is 0.0110. The number of rotatable bonds is 6. The van der Waals surface area contributed by atoms with Gasteiger partial charge in [0.1, 0.15) is 5.69 Å². The monoisotopic (exact) mass is 345 g/mol. The number of carbonyl (C=O) groups excluding carboxylic acids is 1. The number of fused-ring (bicyclic) bond motifs is 1. The molecule has 2 heterocycles. The van der Waals surface area contributed by atoms with Crippen molar-refractivity contribution in [3.8, 4) is 0 Å². The molecule has 1 aliphatic rings. The largest absolute Gasteiger partial charge is 0.389 e. The number of hydrogen-bond acceptors (Lipinski definition) is 4. The van der Waals surface area contributed by atoms with Gasteiger partial charge in [0.05, 0.1) is 12.7 Å². The number of piperazine rings is 1. The number of aryl methyl sites for hydroxylation is 1. The predicted octanol–water partition coefficient (Wildman–Crippen LogP) is 1.63. The number of hydrogen-bond donors (Lipinski definition) is 2. The second kappa shape index (κ2) is 7.99. The first-order valence-electron chi connectivity index (χ1n) is 8.93. The van der Waals surface area contributed by atoms with Crippen molar-refractivity contribution in [2.75, 3.05) is 45.9 Å². The number of aromatic nitrogens is 1. The van der Waals surface area contributed by atoms with E-state index in [0.29, 0.717) is 38.5 Å². The standard InChI is InChI=1S/C19H27N3O3/c1-3-25-13-16(23)12-21-6-8-22(9-7-21)19(24)18-11-15-5-4-14(2)10-17(15)20-18/h4-5,10-11,16,20,23H,3,6-9,12-13H2,1-2H3/t16-/m1/s1. The normalized spacial score (nSPS) is 17.2. The molecule has 1 amide bonds. The highest BCUT2D eigenvalue weighted by Gasteiger charge is 2.24. The fraction of sp³-hybridized carbons (Fsp3) is 0.526. The summed E-state index contributed by atoms with van der Waals surface area (Å²) in [6.45, 7) is 8.43. The SMILES string of the molecule is CCOC[C@H](O)CN1CCN(C(=O)c2cc3ccc(C)cc3[nH]2)CC1. The molecule has 1 aliphatic heterocycles. The van der Waals surface area contributed by atoms with Gasteiger partial charge in [0.15, 0.2) is 0 Å². The number of aromatic amines is 1. The zero-order chi connectivity index (χ0) is 17.8. The first-order valence-corrected chi connectivity index (χ1v) is 8.93. The van der Waals surface area contributed by atoms with Gasteiger partial charge in [-0.2, -0.15) is 0 Å². The summed E-state index contributed by atoms with van der Waals surface area (Å²) in [5, 5.41) is 11.0. The number of benzene rings is 1. The van der Waals surface area contributed by atoms with Crippen molar-refractivity contribution in [2.45, 2.75) is 20.0 Å². The third kappa shape index (κ3) is 4.39. The Morgan fingerprint density at radius 3 is 2.76 bits per heavy atom. The Bertz CT molecular complexity index is 720. The number of aliphatic hydroxyl groups excluding tert-OH is 1. The molecule has 6 heteroatoms. The Morgan fingerprint density at radius 2 is 2.04 bits per heavy atom. The Balaban J connectivity index is 1.55. The van der Waals surface area contributed by atoms with E-state index in [1.165, 1.54) is 5.56 Å². The first-order chi connectivity index (χ1) is 12.1. The summed E-state index contributed by atoms with van der Waals surface area (Å²) < 4.78 is 5.25. The van der Waals surface area contributed by atoms with Crippen molar-refractivity contribution in [1.29, 1.82) is 0 Å². The molecule has 0 bridgehead atoms. The molecule has 1 fully saturated rings. The molecule has 0 radical (unpaired) electrons. The Hall–Kier alpha value is -1.89. The van der Waals surface area contributed by atoms with Crippen LogP contribution < -0.4 is 0 Å². The zero-order valence-corrected chi connectivity index (χ0v) is 15.0. The van der Waals surface area contributed by atoms with Crippen LogP contribution in [0.3, 0.4) is 0 Å². The summed E-state index contributed by atoms with van der Waals surface area (Å²) >= 11 is 0. The fourth-order valence-electron chi connectivity index (χ4n) is 3.26. The van der Waals surface area contributed by atoms with Crippen LogP contribution >= 0.6 is 0 Å². The summed E-state index contributed by atoms with van der Waals surface area (Å²) in [5.41, 5.74) is 2.82. The van der Waals surface area contributed by atoms with E-state index in [9.17, 15) is 9.90 Å². The van der Waals surface area contributed by atoms with Gasteiger partial charge in [-0.1, -0.05) is 12.1 Å². The highest BCUT2D eigenvalue weighted by Crippen LogP contribution is 2.18. The summed E-state index contributed by atoms with van der Waals surface area (Å²) in [7, 11) is 0. The third-order valence-corrected chi connectivity index (χ3v) is 4.65. The van der Waals surface area contributed by atoms with Crippen LogP contribution in [-0.2, 0) is 4.74 Å². The lowest BCUT2D eigenvalue weighted by Crippen LogP contribution is -2.50. The predicted molar refractivity (Wildman–Crippen MR) is 97.9 cm³/mol. The van der Waals surface area contributed by atoms with Crippen molar-refractivity contribution in [1.82, 2.24) is 14.8 Å². The lowest BCUT2D eigenvalue weighted by Gasteiger charge is -2.35. The summed E-state index contributed by atoms with van der Waals surface area (Å²) in [4.78, 5) is 20.0. The molecule has 0 aliphatic carbocycles. The molecule has 1 saturated heterocycles. The van der Waals surface area contributed by atoms with Gasteiger partial charge in [0.2, 0.25) is 0 Å². The number of ether oxygens (including phenoxy) is 1. The molecule has 1 atom stereocenters. The van der Waals surface area contributed by atoms with Crippen molar-refractivity contribution in [3.63, 3.8) is 0 Å². The van der Waals surface area contributed by atoms with Crippen LogP contribution in [0.4, 0.5) is 0 Å². The van der Waals surface area contributed by atoms with E-state index in [1.807, 2.05) is 30.9 Å². The molecule has 6 nitrogen and oxygen atoms in total. The molecule has 2 N–H and O–H groups in total.